The first-order valence-corrected chi connectivity index (χ1v) is 12.5. The summed E-state index contributed by atoms with van der Waals surface area (Å²) in [5.41, 5.74) is 9.98. The maximum absolute atomic E-state index is 12.6. The highest BCUT2D eigenvalue weighted by Gasteiger charge is 2.29. The van der Waals surface area contributed by atoms with Gasteiger partial charge in [-0.15, -0.1) is 0 Å². The number of hydrogen-bond donors (Lipinski definition) is 2. The number of fused-ring (bicyclic) bond motifs is 1. The minimum atomic E-state index is -0.534. The minimum absolute atomic E-state index is 0.110. The first kappa shape index (κ1) is 26.0. The Labute approximate surface area is 217 Å². The highest BCUT2D eigenvalue weighted by atomic mass is 16.6. The molecule has 0 aromatic carbocycles. The van der Waals surface area contributed by atoms with Crippen molar-refractivity contribution in [2.45, 2.75) is 52.7 Å². The lowest BCUT2D eigenvalue weighted by molar-refractivity contribution is 0.0240. The van der Waals surface area contributed by atoms with E-state index in [1.807, 2.05) is 44.6 Å². The number of piperazine rings is 1. The molecule has 11 heteroatoms. The molecule has 4 rings (SSSR count). The van der Waals surface area contributed by atoms with Crippen LogP contribution in [0, 0.1) is 18.3 Å². The molecule has 0 spiro atoms. The molecule has 196 valence electrons. The maximum Gasteiger partial charge on any atom is 0.410 e. The number of pyridine rings is 1. The molecule has 1 unspecified atom stereocenters. The summed E-state index contributed by atoms with van der Waals surface area (Å²) in [5.74, 6) is 0.508. The number of ether oxygens (including phenoxy) is 1. The van der Waals surface area contributed by atoms with Gasteiger partial charge in [-0.25, -0.2) is 14.8 Å². The van der Waals surface area contributed by atoms with Gasteiger partial charge in [0.05, 0.1) is 34.2 Å². The fraction of sp³-hybridized carbons (Fsp3) is 0.500. The van der Waals surface area contributed by atoms with Gasteiger partial charge in [-0.05, 0) is 46.2 Å². The first-order valence-electron chi connectivity index (χ1n) is 12.5. The van der Waals surface area contributed by atoms with E-state index >= 15 is 0 Å². The quantitative estimate of drug-likeness (QED) is 0.531. The summed E-state index contributed by atoms with van der Waals surface area (Å²) in [5, 5.41) is 13.1. The van der Waals surface area contributed by atoms with Crippen LogP contribution >= 0.6 is 0 Å². The number of nitrogens with two attached hydrogens (primary N) is 1. The average Bonchev–Trinajstić information content (AvgIpc) is 3.20. The van der Waals surface area contributed by atoms with E-state index in [1.54, 1.807) is 11.8 Å². The van der Waals surface area contributed by atoms with E-state index in [2.05, 4.69) is 39.2 Å². The highest BCUT2D eigenvalue weighted by molar-refractivity contribution is 5.81. The van der Waals surface area contributed by atoms with Crippen LogP contribution in [0.2, 0.25) is 0 Å². The van der Waals surface area contributed by atoms with E-state index in [0.717, 1.165) is 22.4 Å². The fourth-order valence-electron chi connectivity index (χ4n) is 4.52. The number of rotatable bonds is 5. The zero-order valence-corrected chi connectivity index (χ0v) is 22.4. The van der Waals surface area contributed by atoms with E-state index < -0.39 is 5.60 Å². The molecule has 0 saturated carbocycles. The molecule has 0 radical (unpaired) electrons. The number of nitrogens with zero attached hydrogens (tertiary/aromatic N) is 7. The number of nitriles is 1. The number of aryl methyl sites for hydroxylation is 2. The lowest BCUT2D eigenvalue weighted by atomic mass is 10.1. The molecule has 1 amide bonds. The average molecular weight is 506 g/mol. The topological polar surface area (TPSA) is 138 Å². The molecular formula is C26H35N9O2. The summed E-state index contributed by atoms with van der Waals surface area (Å²) in [7, 11) is 2.00. The summed E-state index contributed by atoms with van der Waals surface area (Å²) >= 11 is 0. The summed E-state index contributed by atoms with van der Waals surface area (Å²) in [6.45, 7) is 11.8. The Morgan fingerprint density at radius 3 is 2.57 bits per heavy atom. The Balaban J connectivity index is 1.67. The molecule has 0 bridgehead atoms. The van der Waals surface area contributed by atoms with Crippen molar-refractivity contribution < 1.29 is 9.53 Å². The second kappa shape index (κ2) is 10.1. The smallest absolute Gasteiger partial charge is 0.410 e. The molecule has 3 N–H and O–H groups in total. The number of aromatic nitrogens is 4. The standard InChI is InChI=1S/C26H35N9O2/c1-7-18(31-23-17(15-27)16(2)29-24(28)32-23)22-21(14-20-19(30-22)8-9-33(20)6)34-10-12-35(13-11-34)25(36)37-26(3,4)5/h8-9,14,18H,7,10-13H2,1-6H3,(H3,28,29,31,32). The van der Waals surface area contributed by atoms with Crippen molar-refractivity contribution in [3.63, 3.8) is 0 Å². The van der Waals surface area contributed by atoms with Crippen LogP contribution in [0.25, 0.3) is 11.0 Å². The van der Waals surface area contributed by atoms with Crippen LogP contribution in [0.15, 0.2) is 18.3 Å². The van der Waals surface area contributed by atoms with Crippen molar-refractivity contribution in [1.29, 1.82) is 5.26 Å². The van der Waals surface area contributed by atoms with Crippen LogP contribution in [0.1, 0.15) is 57.1 Å². The van der Waals surface area contributed by atoms with E-state index in [1.165, 1.54) is 0 Å². The van der Waals surface area contributed by atoms with Gasteiger partial charge < -0.3 is 30.2 Å². The molecule has 1 aliphatic rings. The summed E-state index contributed by atoms with van der Waals surface area (Å²) in [6.07, 6.45) is 2.39. The number of carbonyl (C=O) groups is 1. The number of nitrogen functional groups attached to an aromatic ring is 1. The number of hydrogen-bond acceptors (Lipinski definition) is 9. The molecule has 11 nitrogen and oxygen atoms in total. The van der Waals surface area contributed by atoms with Gasteiger partial charge in [0.25, 0.3) is 0 Å². The molecule has 1 saturated heterocycles. The van der Waals surface area contributed by atoms with Crippen LogP contribution < -0.4 is 16.0 Å². The molecule has 1 atom stereocenters. The van der Waals surface area contributed by atoms with E-state index in [4.69, 9.17) is 15.5 Å². The maximum atomic E-state index is 12.6. The van der Waals surface area contributed by atoms with Crippen molar-refractivity contribution in [3.05, 3.63) is 35.3 Å². The third-order valence-electron chi connectivity index (χ3n) is 6.42. The van der Waals surface area contributed by atoms with Crippen LogP contribution in [-0.4, -0.2) is 62.3 Å². The van der Waals surface area contributed by atoms with Gasteiger partial charge in [-0.3, -0.25) is 0 Å². The van der Waals surface area contributed by atoms with Gasteiger partial charge in [0.1, 0.15) is 23.1 Å². The number of anilines is 3. The third-order valence-corrected chi connectivity index (χ3v) is 6.42. The van der Waals surface area contributed by atoms with E-state index in [0.29, 0.717) is 49.7 Å². The van der Waals surface area contributed by atoms with Gasteiger partial charge in [-0.1, -0.05) is 6.92 Å². The zero-order chi connectivity index (χ0) is 26.9. The second-order valence-electron chi connectivity index (χ2n) is 10.3. The SMILES string of the molecule is CCC(Nc1nc(N)nc(C)c1C#N)c1nc2ccn(C)c2cc1N1CCN(C(=O)OC(C)(C)C)CC1. The van der Waals surface area contributed by atoms with Crippen molar-refractivity contribution in [1.82, 2.24) is 24.4 Å². The fourth-order valence-corrected chi connectivity index (χ4v) is 4.52. The molecule has 37 heavy (non-hydrogen) atoms. The molecule has 3 aromatic heterocycles. The number of amides is 1. The lowest BCUT2D eigenvalue weighted by Crippen LogP contribution is -2.50. The first-order chi connectivity index (χ1) is 17.5. The normalized spacial score (nSPS) is 14.9. The van der Waals surface area contributed by atoms with E-state index in [9.17, 15) is 10.1 Å². The predicted octanol–water partition coefficient (Wildman–Crippen LogP) is 3.75. The van der Waals surface area contributed by atoms with Crippen LogP contribution in [-0.2, 0) is 11.8 Å². The third kappa shape index (κ3) is 5.53. The van der Waals surface area contributed by atoms with Crippen LogP contribution in [0.3, 0.4) is 0 Å². The lowest BCUT2D eigenvalue weighted by Gasteiger charge is -2.38. The molecule has 1 aliphatic heterocycles. The Morgan fingerprint density at radius 2 is 1.95 bits per heavy atom. The molecule has 1 fully saturated rings. The molecule has 4 heterocycles. The van der Waals surface area contributed by atoms with Crippen LogP contribution in [0.5, 0.6) is 0 Å². The minimum Gasteiger partial charge on any atom is -0.444 e. The van der Waals surface area contributed by atoms with Crippen LogP contribution in [0.4, 0.5) is 22.2 Å². The number of nitrogens with one attached hydrogen (secondary N) is 1. The van der Waals surface area contributed by atoms with Gasteiger partial charge in [0.2, 0.25) is 5.95 Å². The van der Waals surface area contributed by atoms with Crippen molar-refractivity contribution in [3.8, 4) is 6.07 Å². The predicted molar refractivity (Wildman–Crippen MR) is 143 cm³/mol. The molecule has 0 aliphatic carbocycles. The van der Waals surface area contributed by atoms with Gasteiger partial charge in [-0.2, -0.15) is 10.2 Å². The van der Waals surface area contributed by atoms with Crippen molar-refractivity contribution in [2.24, 2.45) is 7.05 Å². The Kier molecular flexibility index (Phi) is 7.12. The van der Waals surface area contributed by atoms with E-state index in [-0.39, 0.29) is 18.1 Å². The van der Waals surface area contributed by atoms with Gasteiger partial charge in [0.15, 0.2) is 0 Å². The summed E-state index contributed by atoms with van der Waals surface area (Å²) < 4.78 is 7.61. The van der Waals surface area contributed by atoms with Crippen molar-refractivity contribution >= 4 is 34.6 Å². The number of carbonyl (C=O) groups excluding carboxylic acids is 1. The van der Waals surface area contributed by atoms with Gasteiger partial charge in [0, 0.05) is 39.4 Å². The Bertz CT molecular complexity index is 1340. The Hall–Kier alpha value is -4.07. The largest absolute Gasteiger partial charge is 0.444 e. The molecule has 3 aromatic rings. The summed E-state index contributed by atoms with van der Waals surface area (Å²) in [6, 6.07) is 6.09. The second-order valence-corrected chi connectivity index (χ2v) is 10.3. The monoisotopic (exact) mass is 505 g/mol. The van der Waals surface area contributed by atoms with Gasteiger partial charge >= 0.3 is 6.09 Å². The zero-order valence-electron chi connectivity index (χ0n) is 22.4. The Morgan fingerprint density at radius 1 is 1.24 bits per heavy atom. The summed E-state index contributed by atoms with van der Waals surface area (Å²) in [4.78, 5) is 30.1. The molecular weight excluding hydrogens is 470 g/mol. The van der Waals surface area contributed by atoms with Crippen molar-refractivity contribution in [2.75, 3.05) is 42.1 Å². The highest BCUT2D eigenvalue weighted by Crippen LogP contribution is 2.34.